The number of hydrogen-bond acceptors (Lipinski definition) is 3. The molecule has 2 rings (SSSR count). The predicted molar refractivity (Wildman–Crippen MR) is 45.8 cm³/mol. The summed E-state index contributed by atoms with van der Waals surface area (Å²) in [6.07, 6.45) is 4.96. The summed E-state index contributed by atoms with van der Waals surface area (Å²) in [6, 6.07) is 0. The van der Waals surface area contributed by atoms with Crippen LogP contribution in [0.3, 0.4) is 0 Å². The van der Waals surface area contributed by atoms with Gasteiger partial charge in [0.1, 0.15) is 0 Å². The second-order valence-corrected chi connectivity index (χ2v) is 3.65. The van der Waals surface area contributed by atoms with Gasteiger partial charge in [-0.05, 0) is 6.42 Å². The van der Waals surface area contributed by atoms with Gasteiger partial charge in [-0.1, -0.05) is 12.2 Å². The first-order valence-corrected chi connectivity index (χ1v) is 4.53. The Balaban J connectivity index is 2.12. The number of nitrogens with one attached hydrogen (secondary N) is 1. The molecule has 1 aliphatic carbocycles. The topological polar surface area (TPSA) is 58.6 Å². The SMILES string of the molecule is O=C1NCC2C=CCC(COO)C12. The Morgan fingerprint density at radius 3 is 3.31 bits per heavy atom. The van der Waals surface area contributed by atoms with Crippen LogP contribution in [-0.4, -0.2) is 24.3 Å². The van der Waals surface area contributed by atoms with Crippen LogP contribution in [0.2, 0.25) is 0 Å². The van der Waals surface area contributed by atoms with Crippen LogP contribution in [0.25, 0.3) is 0 Å². The maximum Gasteiger partial charge on any atom is 0.224 e. The van der Waals surface area contributed by atoms with E-state index in [4.69, 9.17) is 5.26 Å². The van der Waals surface area contributed by atoms with Crippen molar-refractivity contribution in [2.24, 2.45) is 17.8 Å². The lowest BCUT2D eigenvalue weighted by Gasteiger charge is -2.26. The van der Waals surface area contributed by atoms with Crippen molar-refractivity contribution < 1.29 is 14.9 Å². The Kier molecular flexibility index (Phi) is 2.33. The number of amides is 1. The average molecular weight is 183 g/mol. The van der Waals surface area contributed by atoms with Crippen molar-refractivity contribution in [2.75, 3.05) is 13.2 Å². The second-order valence-electron chi connectivity index (χ2n) is 3.65. The summed E-state index contributed by atoms with van der Waals surface area (Å²) in [5.41, 5.74) is 0. The molecule has 0 aromatic rings. The highest BCUT2D eigenvalue weighted by molar-refractivity contribution is 5.82. The molecule has 1 heterocycles. The van der Waals surface area contributed by atoms with E-state index in [1.165, 1.54) is 0 Å². The van der Waals surface area contributed by atoms with Crippen LogP contribution in [0.4, 0.5) is 0 Å². The molecule has 0 spiro atoms. The molecule has 13 heavy (non-hydrogen) atoms. The lowest BCUT2D eigenvalue weighted by atomic mass is 9.78. The van der Waals surface area contributed by atoms with Gasteiger partial charge >= 0.3 is 0 Å². The van der Waals surface area contributed by atoms with Gasteiger partial charge in [0.25, 0.3) is 0 Å². The number of allylic oxidation sites excluding steroid dienone is 1. The molecule has 72 valence electrons. The molecule has 1 amide bonds. The van der Waals surface area contributed by atoms with Gasteiger partial charge in [-0.3, -0.25) is 10.1 Å². The van der Waals surface area contributed by atoms with Gasteiger partial charge < -0.3 is 5.32 Å². The highest BCUT2D eigenvalue weighted by Crippen LogP contribution is 2.33. The molecule has 1 aliphatic heterocycles. The summed E-state index contributed by atoms with van der Waals surface area (Å²) in [5.74, 6) is 0.512. The minimum Gasteiger partial charge on any atom is -0.355 e. The largest absolute Gasteiger partial charge is 0.355 e. The van der Waals surface area contributed by atoms with Crippen molar-refractivity contribution >= 4 is 5.91 Å². The monoisotopic (exact) mass is 183 g/mol. The highest BCUT2D eigenvalue weighted by atomic mass is 17.1. The van der Waals surface area contributed by atoms with E-state index < -0.39 is 0 Å². The van der Waals surface area contributed by atoms with Crippen molar-refractivity contribution in [3.05, 3.63) is 12.2 Å². The van der Waals surface area contributed by atoms with E-state index in [9.17, 15) is 4.79 Å². The van der Waals surface area contributed by atoms with Crippen molar-refractivity contribution in [2.45, 2.75) is 6.42 Å². The van der Waals surface area contributed by atoms with Crippen molar-refractivity contribution in [1.29, 1.82) is 0 Å². The molecule has 0 bridgehead atoms. The van der Waals surface area contributed by atoms with Crippen LogP contribution >= 0.6 is 0 Å². The highest BCUT2D eigenvalue weighted by Gasteiger charge is 2.40. The molecule has 3 unspecified atom stereocenters. The van der Waals surface area contributed by atoms with Gasteiger partial charge in [-0.25, -0.2) is 4.89 Å². The molecule has 1 fully saturated rings. The first-order chi connectivity index (χ1) is 6.33. The first-order valence-electron chi connectivity index (χ1n) is 4.53. The van der Waals surface area contributed by atoms with Crippen molar-refractivity contribution in [3.63, 3.8) is 0 Å². The number of hydrogen-bond donors (Lipinski definition) is 2. The number of fused-ring (bicyclic) bond motifs is 1. The van der Waals surface area contributed by atoms with E-state index in [-0.39, 0.29) is 24.3 Å². The molecule has 3 atom stereocenters. The summed E-state index contributed by atoms with van der Waals surface area (Å²) in [4.78, 5) is 15.5. The normalized spacial score (nSPS) is 37.3. The molecule has 0 radical (unpaired) electrons. The molecule has 0 aromatic heterocycles. The maximum absolute atomic E-state index is 11.4. The quantitative estimate of drug-likeness (QED) is 0.370. The summed E-state index contributed by atoms with van der Waals surface area (Å²) in [7, 11) is 0. The zero-order valence-corrected chi connectivity index (χ0v) is 7.27. The number of carbonyl (C=O) groups is 1. The molecular weight excluding hydrogens is 170 g/mol. The number of rotatable bonds is 2. The van der Waals surface area contributed by atoms with Crippen LogP contribution in [0.15, 0.2) is 12.2 Å². The van der Waals surface area contributed by atoms with E-state index in [0.29, 0.717) is 5.92 Å². The van der Waals surface area contributed by atoms with Crippen LogP contribution < -0.4 is 5.32 Å². The Bertz CT molecular complexity index is 239. The zero-order chi connectivity index (χ0) is 9.26. The third kappa shape index (κ3) is 1.47. The Morgan fingerprint density at radius 2 is 2.54 bits per heavy atom. The summed E-state index contributed by atoms with van der Waals surface area (Å²) in [5, 5.41) is 11.2. The van der Waals surface area contributed by atoms with Crippen molar-refractivity contribution in [1.82, 2.24) is 5.32 Å². The van der Waals surface area contributed by atoms with E-state index >= 15 is 0 Å². The second kappa shape index (κ2) is 3.47. The zero-order valence-electron chi connectivity index (χ0n) is 7.27. The molecule has 2 N–H and O–H groups in total. The average Bonchev–Trinajstić information content (AvgIpc) is 2.50. The van der Waals surface area contributed by atoms with Crippen LogP contribution in [0.1, 0.15) is 6.42 Å². The molecular formula is C9H13NO3. The Labute approximate surface area is 76.5 Å². The Morgan fingerprint density at radius 1 is 1.69 bits per heavy atom. The summed E-state index contributed by atoms with van der Waals surface area (Å²) in [6.45, 7) is 0.973. The van der Waals surface area contributed by atoms with Crippen LogP contribution in [0, 0.1) is 17.8 Å². The molecule has 0 saturated carbocycles. The fraction of sp³-hybridized carbons (Fsp3) is 0.667. The van der Waals surface area contributed by atoms with Gasteiger partial charge in [0.2, 0.25) is 5.91 Å². The minimum absolute atomic E-state index is 0.00264. The van der Waals surface area contributed by atoms with E-state index in [1.807, 2.05) is 0 Å². The predicted octanol–water partition coefficient (Wildman–Crippen LogP) is 0.414. The van der Waals surface area contributed by atoms with Gasteiger partial charge in [0.15, 0.2) is 0 Å². The van der Waals surface area contributed by atoms with Crippen LogP contribution in [0.5, 0.6) is 0 Å². The summed E-state index contributed by atoms with van der Waals surface area (Å²) < 4.78 is 0. The van der Waals surface area contributed by atoms with Crippen molar-refractivity contribution in [3.8, 4) is 0 Å². The van der Waals surface area contributed by atoms with E-state index in [2.05, 4.69) is 22.4 Å². The molecule has 1 saturated heterocycles. The third-order valence-corrected chi connectivity index (χ3v) is 2.89. The van der Waals surface area contributed by atoms with Gasteiger partial charge in [-0.2, -0.15) is 0 Å². The fourth-order valence-corrected chi connectivity index (χ4v) is 2.25. The van der Waals surface area contributed by atoms with Gasteiger partial charge in [0.05, 0.1) is 12.5 Å². The molecule has 4 nitrogen and oxygen atoms in total. The molecule has 2 aliphatic rings. The van der Waals surface area contributed by atoms with Crippen LogP contribution in [-0.2, 0) is 9.68 Å². The molecule has 4 heteroatoms. The Hall–Kier alpha value is -0.870. The van der Waals surface area contributed by atoms with E-state index in [1.54, 1.807) is 0 Å². The first kappa shape index (κ1) is 8.72. The lowest BCUT2D eigenvalue weighted by Crippen LogP contribution is -2.31. The summed E-state index contributed by atoms with van der Waals surface area (Å²) >= 11 is 0. The minimum atomic E-state index is -0.00264. The smallest absolute Gasteiger partial charge is 0.224 e. The van der Waals surface area contributed by atoms with Gasteiger partial charge in [-0.15, -0.1) is 0 Å². The third-order valence-electron chi connectivity index (χ3n) is 2.89. The number of carbonyl (C=O) groups excluding carboxylic acids is 1. The van der Waals surface area contributed by atoms with E-state index in [0.717, 1.165) is 13.0 Å². The molecule has 0 aromatic carbocycles. The maximum atomic E-state index is 11.4. The lowest BCUT2D eigenvalue weighted by molar-refractivity contribution is -0.253. The fourth-order valence-electron chi connectivity index (χ4n) is 2.25. The van der Waals surface area contributed by atoms with Gasteiger partial charge in [0, 0.05) is 18.4 Å². The standard InChI is InChI=1S/C9H13NO3/c11-9-8-6(4-10-9)2-1-3-7(8)5-13-12/h1-2,6-8,12H,3-5H2,(H,10,11).